The van der Waals surface area contributed by atoms with Crippen molar-refractivity contribution in [3.63, 3.8) is 0 Å². The molecule has 3 aromatic rings. The highest BCUT2D eigenvalue weighted by Crippen LogP contribution is 2.26. The molecule has 0 saturated carbocycles. The third-order valence-electron chi connectivity index (χ3n) is 4.36. The van der Waals surface area contributed by atoms with Gasteiger partial charge in [0.1, 0.15) is 17.3 Å². The molecule has 136 valence electrons. The van der Waals surface area contributed by atoms with Gasteiger partial charge in [0, 0.05) is 32.8 Å². The first-order valence-corrected chi connectivity index (χ1v) is 7.91. The van der Waals surface area contributed by atoms with Crippen LogP contribution in [0.4, 0.5) is 0 Å². The predicted octanol–water partition coefficient (Wildman–Crippen LogP) is 1.16. The van der Waals surface area contributed by atoms with E-state index >= 15 is 0 Å². The Balaban J connectivity index is 2.13. The summed E-state index contributed by atoms with van der Waals surface area (Å²) in [4.78, 5) is 28.9. The molecule has 0 unspecified atom stereocenters. The van der Waals surface area contributed by atoms with Gasteiger partial charge in [-0.2, -0.15) is 0 Å². The van der Waals surface area contributed by atoms with Gasteiger partial charge in [0.2, 0.25) is 0 Å². The van der Waals surface area contributed by atoms with E-state index in [-0.39, 0.29) is 5.56 Å². The average Bonchev–Trinajstić information content (AvgIpc) is 2.99. The monoisotopic (exact) mass is 356 g/mol. The Labute approximate surface area is 149 Å². The van der Waals surface area contributed by atoms with Crippen molar-refractivity contribution in [2.75, 3.05) is 14.2 Å². The van der Waals surface area contributed by atoms with E-state index in [1.165, 1.54) is 11.6 Å². The Morgan fingerprint density at radius 3 is 2.35 bits per heavy atom. The maximum atomic E-state index is 12.4. The normalized spacial score (nSPS) is 11.4. The number of benzene rings is 1. The first kappa shape index (κ1) is 17.5. The number of rotatable bonds is 4. The lowest BCUT2D eigenvalue weighted by Crippen LogP contribution is -2.37. The second-order valence-electron chi connectivity index (χ2n) is 5.85. The number of imidazole rings is 1. The first-order valence-electron chi connectivity index (χ1n) is 7.91. The summed E-state index contributed by atoms with van der Waals surface area (Å²) in [5, 5.41) is 0. The van der Waals surface area contributed by atoms with Crippen LogP contribution in [-0.2, 0) is 21.1 Å². The predicted molar refractivity (Wildman–Crippen MR) is 99.7 cm³/mol. The molecule has 0 fully saturated rings. The molecule has 0 spiro atoms. The highest BCUT2D eigenvalue weighted by molar-refractivity contribution is 5.77. The lowest BCUT2D eigenvalue weighted by Gasteiger charge is -2.07. The molecule has 1 aromatic carbocycles. The van der Waals surface area contributed by atoms with Crippen molar-refractivity contribution in [2.24, 2.45) is 21.1 Å². The van der Waals surface area contributed by atoms with Gasteiger partial charge < -0.3 is 14.0 Å². The summed E-state index contributed by atoms with van der Waals surface area (Å²) >= 11 is 0. The van der Waals surface area contributed by atoms with Crippen LogP contribution in [0, 0.1) is 0 Å². The third kappa shape index (κ3) is 2.69. The first-order chi connectivity index (χ1) is 12.4. The number of methoxy groups -OCH3 is 2. The minimum Gasteiger partial charge on any atom is -0.497 e. The van der Waals surface area contributed by atoms with Crippen LogP contribution in [0.3, 0.4) is 0 Å². The molecule has 0 N–H and O–H groups in total. The number of nitrogens with zero attached hydrogens (tertiary/aromatic N) is 4. The number of hydrogen-bond acceptors (Lipinski definition) is 5. The van der Waals surface area contributed by atoms with Crippen molar-refractivity contribution in [3.8, 4) is 11.5 Å². The largest absolute Gasteiger partial charge is 0.497 e. The van der Waals surface area contributed by atoms with Gasteiger partial charge in [-0.3, -0.25) is 13.9 Å². The Morgan fingerprint density at radius 2 is 1.69 bits per heavy atom. The number of hydrogen-bond donors (Lipinski definition) is 0. The fourth-order valence-electron chi connectivity index (χ4n) is 2.80. The van der Waals surface area contributed by atoms with Crippen LogP contribution in [0.2, 0.25) is 0 Å². The average molecular weight is 356 g/mol. The minimum atomic E-state index is -0.409. The SMILES string of the molecule is COc1ccc(C=Cc2nc3c(c(=O)n(C)c(=O)n3C)n2C)c(OC)c1. The maximum absolute atomic E-state index is 12.4. The fourth-order valence-corrected chi connectivity index (χ4v) is 2.80. The molecule has 0 bridgehead atoms. The molecule has 0 aliphatic heterocycles. The summed E-state index contributed by atoms with van der Waals surface area (Å²) in [6.07, 6.45) is 3.61. The lowest BCUT2D eigenvalue weighted by molar-refractivity contribution is 0.394. The van der Waals surface area contributed by atoms with Gasteiger partial charge >= 0.3 is 5.69 Å². The molecule has 0 atom stereocenters. The van der Waals surface area contributed by atoms with Gasteiger partial charge in [-0.05, 0) is 24.3 Å². The van der Waals surface area contributed by atoms with Crippen LogP contribution < -0.4 is 20.7 Å². The highest BCUT2D eigenvalue weighted by Gasteiger charge is 2.15. The Morgan fingerprint density at radius 1 is 0.962 bits per heavy atom. The van der Waals surface area contributed by atoms with Crippen LogP contribution in [0.15, 0.2) is 27.8 Å². The summed E-state index contributed by atoms with van der Waals surface area (Å²) in [7, 11) is 7.97. The maximum Gasteiger partial charge on any atom is 0.332 e. The standard InChI is InChI=1S/C18H20N4O4/c1-20-14(9-7-11-6-8-12(25-4)10-13(11)26-5)19-16-15(20)17(23)22(3)18(24)21(16)2/h6-10H,1-5H3. The summed E-state index contributed by atoms with van der Waals surface area (Å²) in [5.41, 5.74) is 0.771. The minimum absolute atomic E-state index is 0.349. The molecule has 0 radical (unpaired) electrons. The molecule has 8 heteroatoms. The van der Waals surface area contributed by atoms with E-state index in [9.17, 15) is 9.59 Å². The second kappa shape index (κ2) is 6.55. The Bertz CT molecular complexity index is 1130. The van der Waals surface area contributed by atoms with E-state index < -0.39 is 5.69 Å². The van der Waals surface area contributed by atoms with Gasteiger partial charge in [-0.1, -0.05) is 0 Å². The zero-order chi connectivity index (χ0) is 19.0. The summed E-state index contributed by atoms with van der Waals surface area (Å²) in [6, 6.07) is 5.48. The molecular formula is C18H20N4O4. The summed E-state index contributed by atoms with van der Waals surface area (Å²) in [5.74, 6) is 1.90. The van der Waals surface area contributed by atoms with Crippen LogP contribution >= 0.6 is 0 Å². The molecule has 26 heavy (non-hydrogen) atoms. The molecule has 2 heterocycles. The van der Waals surface area contributed by atoms with Crippen molar-refractivity contribution < 1.29 is 9.47 Å². The van der Waals surface area contributed by atoms with Crippen molar-refractivity contribution in [3.05, 3.63) is 50.4 Å². The van der Waals surface area contributed by atoms with E-state index in [1.807, 2.05) is 18.2 Å². The van der Waals surface area contributed by atoms with Crippen LogP contribution in [0.5, 0.6) is 11.5 Å². The molecule has 0 aliphatic carbocycles. The van der Waals surface area contributed by atoms with Gasteiger partial charge in [0.25, 0.3) is 5.56 Å². The molecule has 8 nitrogen and oxygen atoms in total. The smallest absolute Gasteiger partial charge is 0.332 e. The molecule has 3 rings (SSSR count). The molecule has 0 aliphatic rings. The lowest BCUT2D eigenvalue weighted by atomic mass is 10.1. The quantitative estimate of drug-likeness (QED) is 0.701. The number of ether oxygens (including phenoxy) is 2. The van der Waals surface area contributed by atoms with E-state index in [2.05, 4.69) is 4.98 Å². The van der Waals surface area contributed by atoms with Crippen molar-refractivity contribution in [1.29, 1.82) is 0 Å². The van der Waals surface area contributed by atoms with Gasteiger partial charge in [0.05, 0.1) is 14.2 Å². The molecule has 2 aromatic heterocycles. The van der Waals surface area contributed by atoms with Crippen LogP contribution in [0.25, 0.3) is 23.3 Å². The van der Waals surface area contributed by atoms with Crippen molar-refractivity contribution in [2.45, 2.75) is 0 Å². The van der Waals surface area contributed by atoms with Gasteiger partial charge in [0.15, 0.2) is 11.2 Å². The highest BCUT2D eigenvalue weighted by atomic mass is 16.5. The fraction of sp³-hybridized carbons (Fsp3) is 0.278. The van der Waals surface area contributed by atoms with E-state index in [0.29, 0.717) is 28.5 Å². The Hall–Kier alpha value is -3.29. The Kier molecular flexibility index (Phi) is 4.41. The topological polar surface area (TPSA) is 80.3 Å². The zero-order valence-corrected chi connectivity index (χ0v) is 15.3. The zero-order valence-electron chi connectivity index (χ0n) is 15.3. The number of fused-ring (bicyclic) bond motifs is 1. The van der Waals surface area contributed by atoms with Crippen LogP contribution in [-0.4, -0.2) is 32.9 Å². The van der Waals surface area contributed by atoms with Gasteiger partial charge in [-0.25, -0.2) is 9.78 Å². The van der Waals surface area contributed by atoms with E-state index in [0.717, 1.165) is 10.1 Å². The molecule has 0 amide bonds. The van der Waals surface area contributed by atoms with Crippen molar-refractivity contribution in [1.82, 2.24) is 18.7 Å². The number of aryl methyl sites for hydroxylation is 2. The second-order valence-corrected chi connectivity index (χ2v) is 5.85. The molecular weight excluding hydrogens is 336 g/mol. The molecule has 0 saturated heterocycles. The number of aromatic nitrogens is 4. The summed E-state index contributed by atoms with van der Waals surface area (Å²) < 4.78 is 14.7. The third-order valence-corrected chi connectivity index (χ3v) is 4.36. The van der Waals surface area contributed by atoms with E-state index in [4.69, 9.17) is 9.47 Å². The van der Waals surface area contributed by atoms with E-state index in [1.54, 1.807) is 45.0 Å². The van der Waals surface area contributed by atoms with Crippen molar-refractivity contribution >= 4 is 23.3 Å². The summed E-state index contributed by atoms with van der Waals surface area (Å²) in [6.45, 7) is 0. The van der Waals surface area contributed by atoms with Crippen LogP contribution in [0.1, 0.15) is 11.4 Å². The van der Waals surface area contributed by atoms with Gasteiger partial charge in [-0.15, -0.1) is 0 Å².